The first-order valence-corrected chi connectivity index (χ1v) is 10.3. The summed E-state index contributed by atoms with van der Waals surface area (Å²) < 4.78 is 0. The van der Waals surface area contributed by atoms with Crippen LogP contribution in [-0.4, -0.2) is 45.6 Å². The Bertz CT molecular complexity index is 982. The highest BCUT2D eigenvalue weighted by Crippen LogP contribution is 2.26. The summed E-state index contributed by atoms with van der Waals surface area (Å²) in [6.07, 6.45) is 7.30. The van der Waals surface area contributed by atoms with E-state index in [9.17, 15) is 4.79 Å². The predicted octanol–water partition coefficient (Wildman–Crippen LogP) is 4.32. The van der Waals surface area contributed by atoms with Crippen LogP contribution in [0.25, 0.3) is 21.9 Å². The van der Waals surface area contributed by atoms with Crippen molar-refractivity contribution in [3.8, 4) is 11.1 Å². The average molecular weight is 392 g/mol. The third kappa shape index (κ3) is 4.82. The van der Waals surface area contributed by atoms with Gasteiger partial charge in [0.2, 0.25) is 5.91 Å². The lowest BCUT2D eigenvalue weighted by Gasteiger charge is -2.35. The van der Waals surface area contributed by atoms with Crippen molar-refractivity contribution < 1.29 is 4.79 Å². The molecule has 0 aliphatic carbocycles. The fourth-order valence-electron chi connectivity index (χ4n) is 4.05. The van der Waals surface area contributed by atoms with Gasteiger partial charge in [-0.2, -0.15) is 5.10 Å². The molecule has 1 amide bonds. The maximum absolute atomic E-state index is 12.8. The molecule has 0 unspecified atom stereocenters. The third-order valence-corrected chi connectivity index (χ3v) is 5.46. The number of aromatic amines is 1. The van der Waals surface area contributed by atoms with Gasteiger partial charge in [0.15, 0.2) is 0 Å². The number of carbonyl (C=O) groups is 1. The van der Waals surface area contributed by atoms with Gasteiger partial charge in [-0.05, 0) is 54.4 Å². The molecule has 0 spiro atoms. The van der Waals surface area contributed by atoms with Crippen LogP contribution in [0.4, 0.5) is 5.82 Å². The van der Waals surface area contributed by atoms with Gasteiger partial charge in [-0.15, -0.1) is 0 Å². The summed E-state index contributed by atoms with van der Waals surface area (Å²) >= 11 is 0. The highest BCUT2D eigenvalue weighted by atomic mass is 16.1. The van der Waals surface area contributed by atoms with E-state index in [0.717, 1.165) is 54.4 Å². The summed E-state index contributed by atoms with van der Waals surface area (Å²) in [6, 6.07) is 8.15. The number of pyridine rings is 1. The van der Waals surface area contributed by atoms with Gasteiger partial charge >= 0.3 is 0 Å². The Morgan fingerprint density at radius 3 is 2.62 bits per heavy atom. The van der Waals surface area contributed by atoms with E-state index in [1.807, 2.05) is 24.5 Å². The fraction of sp³-hybridized carbons (Fsp3) is 0.435. The third-order valence-electron chi connectivity index (χ3n) is 5.46. The van der Waals surface area contributed by atoms with Gasteiger partial charge in [-0.25, -0.2) is 4.98 Å². The highest BCUT2D eigenvalue weighted by molar-refractivity contribution is 5.95. The molecule has 1 saturated heterocycles. The minimum atomic E-state index is 0.0565. The summed E-state index contributed by atoms with van der Waals surface area (Å²) in [5.41, 5.74) is 2.41. The summed E-state index contributed by atoms with van der Waals surface area (Å²) in [6.45, 7) is 9.81. The fourth-order valence-corrected chi connectivity index (χ4v) is 4.05. The molecule has 1 fully saturated rings. The van der Waals surface area contributed by atoms with Crippen molar-refractivity contribution in [1.82, 2.24) is 20.1 Å². The molecule has 4 rings (SSSR count). The molecular formula is C23H29N5O. The normalized spacial score (nSPS) is 16.2. The molecule has 1 aliphatic heterocycles. The summed E-state index contributed by atoms with van der Waals surface area (Å²) in [5.74, 6) is 0.753. The second kappa shape index (κ2) is 7.95. The molecule has 3 heterocycles. The number of piperidine rings is 1. The van der Waals surface area contributed by atoms with Gasteiger partial charge in [-0.1, -0.05) is 32.9 Å². The minimum Gasteiger partial charge on any atom is -0.310 e. The minimum absolute atomic E-state index is 0.0565. The van der Waals surface area contributed by atoms with E-state index < -0.39 is 0 Å². The monoisotopic (exact) mass is 391 g/mol. The first-order valence-electron chi connectivity index (χ1n) is 10.3. The van der Waals surface area contributed by atoms with Gasteiger partial charge in [0.1, 0.15) is 5.82 Å². The van der Waals surface area contributed by atoms with Crippen LogP contribution in [0.2, 0.25) is 0 Å². The molecule has 6 nitrogen and oxygen atoms in total. The first kappa shape index (κ1) is 19.6. The molecule has 6 heteroatoms. The van der Waals surface area contributed by atoms with Crippen LogP contribution in [0.1, 0.15) is 33.6 Å². The molecule has 0 saturated carbocycles. The molecule has 2 aromatic heterocycles. The number of likely N-dealkylation sites (tertiary alicyclic amines) is 1. The zero-order valence-corrected chi connectivity index (χ0v) is 17.4. The van der Waals surface area contributed by atoms with Crippen molar-refractivity contribution >= 4 is 22.5 Å². The number of benzene rings is 1. The highest BCUT2D eigenvalue weighted by Gasteiger charge is 2.27. The lowest BCUT2D eigenvalue weighted by atomic mass is 9.91. The molecule has 1 aliphatic rings. The molecule has 29 heavy (non-hydrogen) atoms. The lowest BCUT2D eigenvalue weighted by Crippen LogP contribution is -2.41. The van der Waals surface area contributed by atoms with E-state index in [4.69, 9.17) is 0 Å². The Hall–Kier alpha value is -2.73. The van der Waals surface area contributed by atoms with Crippen LogP contribution in [0.3, 0.4) is 0 Å². The predicted molar refractivity (Wildman–Crippen MR) is 117 cm³/mol. The molecule has 1 aromatic carbocycles. The molecule has 0 radical (unpaired) electrons. The van der Waals surface area contributed by atoms with Crippen molar-refractivity contribution in [3.05, 3.63) is 42.9 Å². The van der Waals surface area contributed by atoms with Gasteiger partial charge < -0.3 is 10.2 Å². The van der Waals surface area contributed by atoms with Crippen LogP contribution in [-0.2, 0) is 4.79 Å². The Morgan fingerprint density at radius 2 is 1.93 bits per heavy atom. The maximum atomic E-state index is 12.8. The average Bonchev–Trinajstić information content (AvgIpc) is 3.21. The number of rotatable bonds is 4. The van der Waals surface area contributed by atoms with Gasteiger partial charge in [0.05, 0.1) is 6.20 Å². The Morgan fingerprint density at radius 1 is 1.14 bits per heavy atom. The molecule has 2 N–H and O–H groups in total. The summed E-state index contributed by atoms with van der Waals surface area (Å²) in [4.78, 5) is 19.7. The maximum Gasteiger partial charge on any atom is 0.228 e. The number of anilines is 1. The molecular weight excluding hydrogens is 362 g/mol. The van der Waals surface area contributed by atoms with Crippen molar-refractivity contribution in [2.75, 3.05) is 25.0 Å². The number of aromatic nitrogens is 3. The van der Waals surface area contributed by atoms with Crippen molar-refractivity contribution in [1.29, 1.82) is 0 Å². The van der Waals surface area contributed by atoms with Crippen molar-refractivity contribution in [3.63, 3.8) is 0 Å². The second-order valence-corrected chi connectivity index (χ2v) is 9.22. The standard InChI is InChI=1S/C23H29N5O/c1-23(2,3)15-28-8-6-16(7-9-28)22(29)27-21-11-19-10-17(20-13-25-26-14-20)4-5-18(19)12-24-21/h4-5,10-14,16H,6-9,15H2,1-3H3,(H,25,26)(H,24,27,29). The Balaban J connectivity index is 1.42. The number of carbonyl (C=O) groups excluding carboxylic acids is 1. The van der Waals surface area contributed by atoms with E-state index in [1.54, 1.807) is 6.20 Å². The van der Waals surface area contributed by atoms with E-state index in [1.165, 1.54) is 0 Å². The Kier molecular flexibility index (Phi) is 5.37. The zero-order chi connectivity index (χ0) is 20.4. The summed E-state index contributed by atoms with van der Waals surface area (Å²) in [7, 11) is 0. The van der Waals surface area contributed by atoms with E-state index in [2.05, 4.69) is 58.3 Å². The zero-order valence-electron chi connectivity index (χ0n) is 17.4. The molecule has 0 bridgehead atoms. The molecule has 152 valence electrons. The van der Waals surface area contributed by atoms with Gasteiger partial charge in [0.25, 0.3) is 0 Å². The number of nitrogens with zero attached hydrogens (tertiary/aromatic N) is 3. The van der Waals surface area contributed by atoms with Crippen LogP contribution < -0.4 is 5.32 Å². The smallest absolute Gasteiger partial charge is 0.228 e. The quantitative estimate of drug-likeness (QED) is 0.695. The number of hydrogen-bond acceptors (Lipinski definition) is 4. The Labute approximate surface area is 171 Å². The SMILES string of the molecule is CC(C)(C)CN1CCC(C(=O)Nc2cc3cc(-c4cn[nH]c4)ccc3cn2)CC1. The number of hydrogen-bond donors (Lipinski definition) is 2. The van der Waals surface area contributed by atoms with E-state index in [-0.39, 0.29) is 11.8 Å². The number of amides is 1. The number of H-pyrrole nitrogens is 1. The summed E-state index contributed by atoms with van der Waals surface area (Å²) in [5, 5.41) is 12.0. The lowest BCUT2D eigenvalue weighted by molar-refractivity contribution is -0.121. The molecule has 0 atom stereocenters. The molecule has 3 aromatic rings. The van der Waals surface area contributed by atoms with Gasteiger partial charge in [-0.3, -0.25) is 9.89 Å². The van der Waals surface area contributed by atoms with E-state index >= 15 is 0 Å². The largest absolute Gasteiger partial charge is 0.310 e. The van der Waals surface area contributed by atoms with Crippen molar-refractivity contribution in [2.24, 2.45) is 11.3 Å². The topological polar surface area (TPSA) is 73.9 Å². The van der Waals surface area contributed by atoms with Crippen LogP contribution in [0.5, 0.6) is 0 Å². The van der Waals surface area contributed by atoms with E-state index in [0.29, 0.717) is 11.2 Å². The first-order chi connectivity index (χ1) is 13.9. The van der Waals surface area contributed by atoms with Crippen LogP contribution in [0, 0.1) is 11.3 Å². The number of fused-ring (bicyclic) bond motifs is 1. The van der Waals surface area contributed by atoms with Crippen molar-refractivity contribution in [2.45, 2.75) is 33.6 Å². The van der Waals surface area contributed by atoms with Crippen LogP contribution >= 0.6 is 0 Å². The second-order valence-electron chi connectivity index (χ2n) is 9.22. The van der Waals surface area contributed by atoms with Gasteiger partial charge in [0, 0.05) is 35.8 Å². The number of nitrogens with one attached hydrogen (secondary N) is 2. The van der Waals surface area contributed by atoms with Crippen LogP contribution in [0.15, 0.2) is 42.9 Å².